The number of benzene rings is 1. The molecule has 0 saturated carbocycles. The quantitative estimate of drug-likeness (QED) is 0.693. The van der Waals surface area contributed by atoms with E-state index in [0.29, 0.717) is 5.56 Å². The summed E-state index contributed by atoms with van der Waals surface area (Å²) >= 11 is 0. The third-order valence-electron chi connectivity index (χ3n) is 3.43. The van der Waals surface area contributed by atoms with E-state index in [9.17, 15) is 4.79 Å². The normalized spacial score (nSPS) is 10.8. The molecule has 0 bridgehead atoms. The van der Waals surface area contributed by atoms with Gasteiger partial charge in [-0.05, 0) is 29.8 Å². The van der Waals surface area contributed by atoms with Gasteiger partial charge in [-0.25, -0.2) is 9.58 Å². The van der Waals surface area contributed by atoms with E-state index in [4.69, 9.17) is 4.84 Å². The van der Waals surface area contributed by atoms with Gasteiger partial charge >= 0.3 is 0 Å². The number of fused-ring (bicyclic) bond motifs is 1. The molecule has 0 atom stereocenters. The Balaban J connectivity index is 1.96. The Morgan fingerprint density at radius 1 is 1.19 bits per heavy atom. The Morgan fingerprint density at radius 2 is 1.95 bits per heavy atom. The third-order valence-corrected chi connectivity index (χ3v) is 3.43. The van der Waals surface area contributed by atoms with Crippen LogP contribution in [0.4, 0.5) is 0 Å². The summed E-state index contributed by atoms with van der Waals surface area (Å²) in [4.78, 5) is 16.9. The zero-order chi connectivity index (χ0) is 14.8. The molecule has 21 heavy (non-hydrogen) atoms. The summed E-state index contributed by atoms with van der Waals surface area (Å²) in [6.45, 7) is 0. The molecule has 0 aliphatic rings. The van der Waals surface area contributed by atoms with Crippen LogP contribution in [0.25, 0.3) is 16.6 Å². The van der Waals surface area contributed by atoms with E-state index < -0.39 is 0 Å². The molecular weight excluding hydrogens is 266 g/mol. The highest BCUT2D eigenvalue weighted by Crippen LogP contribution is 2.24. The first-order valence-corrected chi connectivity index (χ1v) is 6.55. The van der Waals surface area contributed by atoms with Gasteiger partial charge in [0.2, 0.25) is 0 Å². The number of nitrogens with zero attached hydrogens (tertiary/aromatic N) is 3. The lowest BCUT2D eigenvalue weighted by Crippen LogP contribution is -2.25. The van der Waals surface area contributed by atoms with Crippen molar-refractivity contribution in [2.45, 2.75) is 0 Å². The summed E-state index contributed by atoms with van der Waals surface area (Å²) in [6, 6.07) is 13.3. The zero-order valence-corrected chi connectivity index (χ0v) is 11.9. The van der Waals surface area contributed by atoms with Crippen molar-refractivity contribution in [3.8, 4) is 11.1 Å². The topological polar surface area (TPSA) is 46.8 Å². The molecule has 0 fully saturated rings. The summed E-state index contributed by atoms with van der Waals surface area (Å²) in [6.07, 6.45) is 3.73. The number of rotatable bonds is 3. The van der Waals surface area contributed by atoms with Gasteiger partial charge in [0.1, 0.15) is 0 Å². The fraction of sp³-hybridized carbons (Fsp3) is 0.125. The summed E-state index contributed by atoms with van der Waals surface area (Å²) < 4.78 is 1.83. The molecule has 5 nitrogen and oxygen atoms in total. The summed E-state index contributed by atoms with van der Waals surface area (Å²) in [5.41, 5.74) is 3.67. The van der Waals surface area contributed by atoms with Gasteiger partial charge in [-0.3, -0.25) is 9.63 Å². The lowest BCUT2D eigenvalue weighted by atomic mass is 10.1. The van der Waals surface area contributed by atoms with Gasteiger partial charge in [-0.2, -0.15) is 5.10 Å². The van der Waals surface area contributed by atoms with Crippen LogP contribution < -0.4 is 0 Å². The maximum Gasteiger partial charge on any atom is 0.277 e. The smallest absolute Gasteiger partial charge is 0.274 e. The van der Waals surface area contributed by atoms with Crippen molar-refractivity contribution in [3.63, 3.8) is 0 Å². The minimum Gasteiger partial charge on any atom is -0.274 e. The van der Waals surface area contributed by atoms with Crippen molar-refractivity contribution in [1.29, 1.82) is 0 Å². The molecule has 0 aliphatic carbocycles. The van der Waals surface area contributed by atoms with Crippen LogP contribution >= 0.6 is 0 Å². The molecule has 0 aliphatic heterocycles. The van der Waals surface area contributed by atoms with Gasteiger partial charge in [0.25, 0.3) is 5.91 Å². The molecule has 2 heterocycles. The van der Waals surface area contributed by atoms with Crippen LogP contribution in [0.5, 0.6) is 0 Å². The predicted molar refractivity (Wildman–Crippen MR) is 79.7 cm³/mol. The average Bonchev–Trinajstić information content (AvgIpc) is 2.97. The molecule has 0 N–H and O–H groups in total. The van der Waals surface area contributed by atoms with Crippen LogP contribution in [0.2, 0.25) is 0 Å². The standard InChI is InChI=1S/C16H15N3O2/c1-18(21-2)16(20)13-8-6-12(7-9-13)14-11-17-19-10-4-3-5-15(14)19/h3-11H,1-2H3. The van der Waals surface area contributed by atoms with Crippen molar-refractivity contribution < 1.29 is 9.63 Å². The molecular formula is C16H15N3O2. The van der Waals surface area contributed by atoms with E-state index in [0.717, 1.165) is 16.6 Å². The Bertz CT molecular complexity index is 778. The van der Waals surface area contributed by atoms with E-state index >= 15 is 0 Å². The van der Waals surface area contributed by atoms with E-state index in [1.165, 1.54) is 12.2 Å². The fourth-order valence-corrected chi connectivity index (χ4v) is 2.21. The van der Waals surface area contributed by atoms with Gasteiger partial charge < -0.3 is 0 Å². The number of carbonyl (C=O) groups is 1. The fourth-order valence-electron chi connectivity index (χ4n) is 2.21. The van der Waals surface area contributed by atoms with Crippen LogP contribution in [0.3, 0.4) is 0 Å². The van der Waals surface area contributed by atoms with Crippen LogP contribution in [-0.2, 0) is 4.84 Å². The van der Waals surface area contributed by atoms with Crippen LogP contribution in [-0.4, -0.2) is 34.7 Å². The highest BCUT2D eigenvalue weighted by atomic mass is 16.7. The van der Waals surface area contributed by atoms with Gasteiger partial charge in [-0.1, -0.05) is 18.2 Å². The summed E-state index contributed by atoms with van der Waals surface area (Å²) in [5, 5.41) is 5.51. The summed E-state index contributed by atoms with van der Waals surface area (Å²) in [5.74, 6) is -0.177. The van der Waals surface area contributed by atoms with Crippen molar-refractivity contribution in [3.05, 3.63) is 60.4 Å². The lowest BCUT2D eigenvalue weighted by molar-refractivity contribution is -0.0756. The number of aromatic nitrogens is 2. The molecule has 106 valence electrons. The van der Waals surface area contributed by atoms with Crippen molar-refractivity contribution in [2.75, 3.05) is 14.2 Å². The first kappa shape index (κ1) is 13.3. The van der Waals surface area contributed by atoms with E-state index in [-0.39, 0.29) is 5.91 Å². The highest BCUT2D eigenvalue weighted by Gasteiger charge is 2.12. The second-order valence-corrected chi connectivity index (χ2v) is 4.65. The van der Waals surface area contributed by atoms with Crippen molar-refractivity contribution in [1.82, 2.24) is 14.7 Å². The number of hydrogen-bond donors (Lipinski definition) is 0. The van der Waals surface area contributed by atoms with Crippen LogP contribution in [0.15, 0.2) is 54.9 Å². The van der Waals surface area contributed by atoms with E-state index in [1.54, 1.807) is 19.2 Å². The maximum atomic E-state index is 12.0. The molecule has 0 spiro atoms. The molecule has 0 radical (unpaired) electrons. The maximum absolute atomic E-state index is 12.0. The zero-order valence-electron chi connectivity index (χ0n) is 11.9. The molecule has 3 rings (SSSR count). The average molecular weight is 281 g/mol. The van der Waals surface area contributed by atoms with Crippen molar-refractivity contribution in [2.24, 2.45) is 0 Å². The molecule has 5 heteroatoms. The molecule has 1 amide bonds. The van der Waals surface area contributed by atoms with Gasteiger partial charge in [-0.15, -0.1) is 0 Å². The Morgan fingerprint density at radius 3 is 2.67 bits per heavy atom. The van der Waals surface area contributed by atoms with Crippen LogP contribution in [0, 0.1) is 0 Å². The highest BCUT2D eigenvalue weighted by molar-refractivity contribution is 5.94. The Hall–Kier alpha value is -2.66. The van der Waals surface area contributed by atoms with Crippen LogP contribution in [0.1, 0.15) is 10.4 Å². The van der Waals surface area contributed by atoms with E-state index in [2.05, 4.69) is 5.10 Å². The lowest BCUT2D eigenvalue weighted by Gasteiger charge is -2.13. The Kier molecular flexibility index (Phi) is 3.41. The number of hydroxylamine groups is 2. The molecule has 1 aromatic carbocycles. The Labute approximate surface area is 122 Å². The molecule has 0 saturated heterocycles. The third kappa shape index (κ3) is 2.39. The second-order valence-electron chi connectivity index (χ2n) is 4.65. The predicted octanol–water partition coefficient (Wildman–Crippen LogP) is 2.63. The van der Waals surface area contributed by atoms with Gasteiger partial charge in [0.05, 0.1) is 18.8 Å². The molecule has 2 aromatic heterocycles. The first-order chi connectivity index (χ1) is 10.2. The number of pyridine rings is 1. The minimum absolute atomic E-state index is 0.177. The van der Waals surface area contributed by atoms with E-state index in [1.807, 2.05) is 47.2 Å². The van der Waals surface area contributed by atoms with Gasteiger partial charge in [0, 0.05) is 24.4 Å². The number of amides is 1. The largest absolute Gasteiger partial charge is 0.277 e. The van der Waals surface area contributed by atoms with Gasteiger partial charge in [0.15, 0.2) is 0 Å². The monoisotopic (exact) mass is 281 g/mol. The minimum atomic E-state index is -0.177. The van der Waals surface area contributed by atoms with Crippen molar-refractivity contribution >= 4 is 11.4 Å². The molecule has 0 unspecified atom stereocenters. The molecule has 3 aromatic rings. The number of hydrogen-bond acceptors (Lipinski definition) is 3. The SMILES string of the molecule is CON(C)C(=O)c1ccc(-c2cnn3ccccc23)cc1. The second kappa shape index (κ2) is 5.38. The summed E-state index contributed by atoms with van der Waals surface area (Å²) in [7, 11) is 3.05. The first-order valence-electron chi connectivity index (χ1n) is 6.55. The number of carbonyl (C=O) groups excluding carboxylic acids is 1.